The van der Waals surface area contributed by atoms with Gasteiger partial charge in [-0.2, -0.15) is 0 Å². The number of nitrogens with one attached hydrogen (secondary N) is 1. The summed E-state index contributed by atoms with van der Waals surface area (Å²) in [6.07, 6.45) is 3.68. The summed E-state index contributed by atoms with van der Waals surface area (Å²) < 4.78 is 0. The molecule has 0 spiro atoms. The average molecular weight is 442 g/mol. The summed E-state index contributed by atoms with van der Waals surface area (Å²) in [7, 11) is 0. The Labute approximate surface area is 190 Å². The molecule has 1 amide bonds. The number of fused-ring (bicyclic) bond motifs is 2. The minimum absolute atomic E-state index is 0.00736. The van der Waals surface area contributed by atoms with E-state index in [0.29, 0.717) is 33.6 Å². The first-order chi connectivity index (χ1) is 15.6. The van der Waals surface area contributed by atoms with Crippen LogP contribution in [-0.2, 0) is 6.42 Å². The monoisotopic (exact) mass is 441 g/mol. The normalized spacial score (nSPS) is 15.2. The highest BCUT2D eigenvalue weighted by Crippen LogP contribution is 2.30. The van der Waals surface area contributed by atoms with E-state index in [0.717, 1.165) is 24.8 Å². The number of carbonyl (C=O) groups excluding carboxylic acids is 2. The predicted molar refractivity (Wildman–Crippen MR) is 125 cm³/mol. The molecule has 1 aromatic heterocycles. The van der Waals surface area contributed by atoms with Gasteiger partial charge in [0.1, 0.15) is 11.4 Å². The van der Waals surface area contributed by atoms with Crippen molar-refractivity contribution in [2.45, 2.75) is 25.3 Å². The van der Waals surface area contributed by atoms with Gasteiger partial charge in [-0.25, -0.2) is 9.97 Å². The first-order valence-corrected chi connectivity index (χ1v) is 10.9. The second-order valence-electron chi connectivity index (χ2n) is 7.90. The number of benzene rings is 3. The van der Waals surface area contributed by atoms with Crippen LogP contribution in [0.2, 0.25) is 5.02 Å². The van der Waals surface area contributed by atoms with E-state index in [2.05, 4.69) is 27.4 Å². The van der Waals surface area contributed by atoms with E-state index < -0.39 is 0 Å². The molecule has 1 aliphatic carbocycles. The van der Waals surface area contributed by atoms with Gasteiger partial charge in [-0.15, -0.1) is 0 Å². The number of rotatable bonds is 4. The van der Waals surface area contributed by atoms with Crippen LogP contribution >= 0.6 is 11.6 Å². The Morgan fingerprint density at radius 3 is 2.62 bits per heavy atom. The highest BCUT2D eigenvalue weighted by atomic mass is 35.5. The van der Waals surface area contributed by atoms with E-state index in [9.17, 15) is 9.59 Å². The van der Waals surface area contributed by atoms with Crippen LogP contribution in [0.4, 0.5) is 0 Å². The molecule has 32 heavy (non-hydrogen) atoms. The number of aryl methyl sites for hydroxylation is 1. The molecule has 1 heterocycles. The SMILES string of the molecule is O=Cc1nc2cc(C(=O)NC3CCCc4ccccc43)ccc2nc1-c1ccc(Cl)cc1. The van der Waals surface area contributed by atoms with Crippen LogP contribution in [0.25, 0.3) is 22.3 Å². The quantitative estimate of drug-likeness (QED) is 0.420. The number of aromatic nitrogens is 2. The maximum atomic E-state index is 13.0. The lowest BCUT2D eigenvalue weighted by Crippen LogP contribution is -2.31. The fourth-order valence-electron chi connectivity index (χ4n) is 4.26. The third-order valence-corrected chi connectivity index (χ3v) is 6.11. The molecule has 3 aromatic carbocycles. The zero-order valence-corrected chi connectivity index (χ0v) is 18.0. The molecule has 158 valence electrons. The molecule has 0 saturated heterocycles. The predicted octanol–water partition coefficient (Wildman–Crippen LogP) is 5.57. The third kappa shape index (κ3) is 3.87. The molecular weight excluding hydrogens is 422 g/mol. The van der Waals surface area contributed by atoms with E-state index in [-0.39, 0.29) is 17.6 Å². The second kappa shape index (κ2) is 8.52. The molecule has 0 aliphatic heterocycles. The fraction of sp³-hybridized carbons (Fsp3) is 0.154. The summed E-state index contributed by atoms with van der Waals surface area (Å²) in [5.41, 5.74) is 5.54. The lowest BCUT2D eigenvalue weighted by molar-refractivity contribution is 0.0932. The molecule has 5 rings (SSSR count). The zero-order chi connectivity index (χ0) is 22.1. The summed E-state index contributed by atoms with van der Waals surface area (Å²) in [5, 5.41) is 3.76. The van der Waals surface area contributed by atoms with Crippen LogP contribution in [0.5, 0.6) is 0 Å². The van der Waals surface area contributed by atoms with Crippen molar-refractivity contribution >= 4 is 34.8 Å². The topological polar surface area (TPSA) is 72.0 Å². The first kappa shape index (κ1) is 20.3. The number of hydrogen-bond acceptors (Lipinski definition) is 4. The Morgan fingerprint density at radius 2 is 1.81 bits per heavy atom. The van der Waals surface area contributed by atoms with Gasteiger partial charge >= 0.3 is 0 Å². The van der Waals surface area contributed by atoms with Gasteiger partial charge in [0, 0.05) is 16.1 Å². The molecule has 6 heteroatoms. The summed E-state index contributed by atoms with van der Waals surface area (Å²) >= 11 is 5.97. The lowest BCUT2D eigenvalue weighted by atomic mass is 9.87. The van der Waals surface area contributed by atoms with Gasteiger partial charge in [-0.3, -0.25) is 9.59 Å². The third-order valence-electron chi connectivity index (χ3n) is 5.86. The summed E-state index contributed by atoms with van der Waals surface area (Å²) in [4.78, 5) is 33.8. The number of halogens is 1. The van der Waals surface area contributed by atoms with E-state index in [1.807, 2.05) is 12.1 Å². The van der Waals surface area contributed by atoms with Crippen molar-refractivity contribution in [1.29, 1.82) is 0 Å². The zero-order valence-electron chi connectivity index (χ0n) is 17.2. The summed E-state index contributed by atoms with van der Waals surface area (Å²) in [5.74, 6) is -0.162. The highest BCUT2D eigenvalue weighted by molar-refractivity contribution is 6.30. The van der Waals surface area contributed by atoms with E-state index >= 15 is 0 Å². The molecule has 0 fully saturated rings. The molecule has 0 bridgehead atoms. The molecule has 5 nitrogen and oxygen atoms in total. The smallest absolute Gasteiger partial charge is 0.251 e. The number of nitrogens with zero attached hydrogens (tertiary/aromatic N) is 2. The molecule has 1 aliphatic rings. The van der Waals surface area contributed by atoms with Gasteiger partial charge in [0.2, 0.25) is 0 Å². The Bertz CT molecular complexity index is 1330. The van der Waals surface area contributed by atoms with Gasteiger partial charge < -0.3 is 5.32 Å². The number of carbonyl (C=O) groups is 2. The number of hydrogen-bond donors (Lipinski definition) is 1. The summed E-state index contributed by atoms with van der Waals surface area (Å²) in [6.45, 7) is 0. The average Bonchev–Trinajstić information content (AvgIpc) is 2.83. The molecule has 1 unspecified atom stereocenters. The van der Waals surface area contributed by atoms with E-state index in [4.69, 9.17) is 11.6 Å². The highest BCUT2D eigenvalue weighted by Gasteiger charge is 2.22. The standard InChI is InChI=1S/C26H20ClN3O2/c27-19-11-8-17(9-12-19)25-24(15-31)28-23-14-18(10-13-22(23)29-25)26(32)30-21-7-3-5-16-4-1-2-6-20(16)21/h1-2,4,6,8-15,21H,3,5,7H2,(H,30,32). The van der Waals surface area contributed by atoms with Gasteiger partial charge in [0.15, 0.2) is 6.29 Å². The minimum Gasteiger partial charge on any atom is -0.345 e. The molecule has 0 radical (unpaired) electrons. The lowest BCUT2D eigenvalue weighted by Gasteiger charge is -2.26. The molecule has 0 saturated carbocycles. The van der Waals surface area contributed by atoms with Gasteiger partial charge in [-0.1, -0.05) is 48.0 Å². The molecule has 4 aromatic rings. The van der Waals surface area contributed by atoms with E-state index in [1.54, 1.807) is 42.5 Å². The van der Waals surface area contributed by atoms with Crippen molar-refractivity contribution in [1.82, 2.24) is 15.3 Å². The minimum atomic E-state index is -0.162. The second-order valence-corrected chi connectivity index (χ2v) is 8.34. The van der Waals surface area contributed by atoms with Crippen molar-refractivity contribution in [3.05, 3.63) is 94.1 Å². The van der Waals surface area contributed by atoms with Crippen LogP contribution < -0.4 is 5.32 Å². The van der Waals surface area contributed by atoms with Gasteiger partial charge in [-0.05, 0) is 60.7 Å². The molecular formula is C26H20ClN3O2. The van der Waals surface area contributed by atoms with Crippen LogP contribution in [0.15, 0.2) is 66.7 Å². The van der Waals surface area contributed by atoms with Crippen LogP contribution in [0.3, 0.4) is 0 Å². The van der Waals surface area contributed by atoms with Gasteiger partial charge in [0.05, 0.1) is 17.1 Å². The summed E-state index contributed by atoms with van der Waals surface area (Å²) in [6, 6.07) is 20.5. The van der Waals surface area contributed by atoms with E-state index in [1.165, 1.54) is 11.1 Å². The molecule has 1 N–H and O–H groups in total. The Hall–Kier alpha value is -3.57. The number of amides is 1. The number of aldehydes is 1. The van der Waals surface area contributed by atoms with Crippen molar-refractivity contribution in [2.24, 2.45) is 0 Å². The van der Waals surface area contributed by atoms with Crippen LogP contribution in [0.1, 0.15) is 50.9 Å². The Morgan fingerprint density at radius 1 is 1.00 bits per heavy atom. The maximum absolute atomic E-state index is 13.0. The van der Waals surface area contributed by atoms with Crippen molar-refractivity contribution < 1.29 is 9.59 Å². The van der Waals surface area contributed by atoms with Crippen LogP contribution in [0, 0.1) is 0 Å². The van der Waals surface area contributed by atoms with Crippen molar-refractivity contribution in [3.63, 3.8) is 0 Å². The fourth-order valence-corrected chi connectivity index (χ4v) is 4.38. The van der Waals surface area contributed by atoms with Crippen molar-refractivity contribution in [3.8, 4) is 11.3 Å². The van der Waals surface area contributed by atoms with Crippen LogP contribution in [-0.4, -0.2) is 22.2 Å². The molecule has 1 atom stereocenters. The van der Waals surface area contributed by atoms with Crippen molar-refractivity contribution in [2.75, 3.05) is 0 Å². The van der Waals surface area contributed by atoms with Gasteiger partial charge in [0.25, 0.3) is 5.91 Å². The Balaban J connectivity index is 1.46. The maximum Gasteiger partial charge on any atom is 0.251 e. The Kier molecular flexibility index (Phi) is 5.41. The largest absolute Gasteiger partial charge is 0.345 e. The first-order valence-electron chi connectivity index (χ1n) is 10.5.